The van der Waals surface area contributed by atoms with Crippen LogP contribution in [0.4, 0.5) is 0 Å². The van der Waals surface area contributed by atoms with Crippen molar-refractivity contribution in [2.45, 2.75) is 6.92 Å². The first-order valence-corrected chi connectivity index (χ1v) is 7.12. The number of rotatable bonds is 2. The summed E-state index contributed by atoms with van der Waals surface area (Å²) in [5, 5.41) is 10.1. The Balaban J connectivity index is 2.05. The van der Waals surface area contributed by atoms with Crippen LogP contribution in [0.15, 0.2) is 48.5 Å². The van der Waals surface area contributed by atoms with E-state index in [-0.39, 0.29) is 0 Å². The molecule has 0 aliphatic rings. The standard InChI is InChI=1S/C17H12N2S/c1-12-6-8-13(9-7-12)10-14(11-18)17-19-15-4-2-3-5-16(15)20-17/h2-10H,1H3/b14-10-. The average Bonchev–Trinajstić information content (AvgIpc) is 2.90. The Morgan fingerprint density at radius 1 is 1.15 bits per heavy atom. The molecule has 0 N–H and O–H groups in total. The number of nitrogens with zero attached hydrogens (tertiary/aromatic N) is 2. The molecule has 3 rings (SSSR count). The molecule has 0 aliphatic heterocycles. The van der Waals surface area contributed by atoms with Crippen LogP contribution in [-0.2, 0) is 0 Å². The largest absolute Gasteiger partial charge is 0.235 e. The van der Waals surface area contributed by atoms with Gasteiger partial charge in [-0.15, -0.1) is 11.3 Å². The minimum Gasteiger partial charge on any atom is -0.235 e. The van der Waals surface area contributed by atoms with Gasteiger partial charge in [-0.25, -0.2) is 4.98 Å². The zero-order valence-electron chi connectivity index (χ0n) is 11.0. The maximum Gasteiger partial charge on any atom is 0.135 e. The van der Waals surface area contributed by atoms with Gasteiger partial charge in [0.15, 0.2) is 0 Å². The number of thiazole rings is 1. The van der Waals surface area contributed by atoms with E-state index in [9.17, 15) is 5.26 Å². The van der Waals surface area contributed by atoms with Crippen LogP contribution >= 0.6 is 11.3 Å². The van der Waals surface area contributed by atoms with Crippen LogP contribution in [0.5, 0.6) is 0 Å². The van der Waals surface area contributed by atoms with Crippen molar-refractivity contribution >= 4 is 33.2 Å². The average molecular weight is 276 g/mol. The SMILES string of the molecule is Cc1ccc(/C=C(/C#N)c2nc3ccccc3s2)cc1. The Morgan fingerprint density at radius 3 is 2.60 bits per heavy atom. The fraction of sp³-hybridized carbons (Fsp3) is 0.0588. The van der Waals surface area contributed by atoms with Crippen molar-refractivity contribution in [3.8, 4) is 6.07 Å². The van der Waals surface area contributed by atoms with E-state index in [1.54, 1.807) is 11.3 Å². The topological polar surface area (TPSA) is 36.7 Å². The van der Waals surface area contributed by atoms with Gasteiger partial charge in [-0.1, -0.05) is 42.0 Å². The van der Waals surface area contributed by atoms with Crippen molar-refractivity contribution < 1.29 is 0 Å². The highest BCUT2D eigenvalue weighted by Crippen LogP contribution is 2.27. The molecule has 0 bridgehead atoms. The van der Waals surface area contributed by atoms with Gasteiger partial charge in [-0.05, 0) is 30.7 Å². The number of nitriles is 1. The lowest BCUT2D eigenvalue weighted by Gasteiger charge is -1.96. The molecule has 0 saturated heterocycles. The summed E-state index contributed by atoms with van der Waals surface area (Å²) >= 11 is 1.55. The monoisotopic (exact) mass is 276 g/mol. The molecule has 0 amide bonds. The molecule has 0 radical (unpaired) electrons. The highest BCUT2D eigenvalue weighted by Gasteiger charge is 2.08. The summed E-state index contributed by atoms with van der Waals surface area (Å²) in [6.07, 6.45) is 1.89. The van der Waals surface area contributed by atoms with Crippen molar-refractivity contribution in [1.29, 1.82) is 5.26 Å². The van der Waals surface area contributed by atoms with Crippen LogP contribution < -0.4 is 0 Å². The van der Waals surface area contributed by atoms with Crippen LogP contribution in [0.1, 0.15) is 16.1 Å². The molecule has 20 heavy (non-hydrogen) atoms. The van der Waals surface area contributed by atoms with Gasteiger partial charge in [0.1, 0.15) is 11.1 Å². The summed E-state index contributed by atoms with van der Waals surface area (Å²) in [5.74, 6) is 0. The molecule has 0 saturated carbocycles. The molecule has 0 atom stereocenters. The summed E-state index contributed by atoms with van der Waals surface area (Å²) in [6.45, 7) is 2.05. The first-order valence-electron chi connectivity index (χ1n) is 6.31. The maximum absolute atomic E-state index is 9.37. The van der Waals surface area contributed by atoms with E-state index in [0.717, 1.165) is 20.8 Å². The summed E-state index contributed by atoms with van der Waals surface area (Å²) < 4.78 is 1.10. The summed E-state index contributed by atoms with van der Waals surface area (Å²) in [6, 6.07) is 18.3. The minimum atomic E-state index is 0.607. The molecule has 3 aromatic rings. The molecule has 0 unspecified atom stereocenters. The van der Waals surface area contributed by atoms with Gasteiger partial charge >= 0.3 is 0 Å². The predicted octanol–water partition coefficient (Wildman–Crippen LogP) is 4.67. The van der Waals surface area contributed by atoms with Gasteiger partial charge in [0.05, 0.1) is 15.8 Å². The number of benzene rings is 2. The lowest BCUT2D eigenvalue weighted by molar-refractivity contribution is 1.43. The Morgan fingerprint density at radius 2 is 1.90 bits per heavy atom. The Labute approximate surface area is 121 Å². The Bertz CT molecular complexity index is 787. The molecule has 1 aromatic heterocycles. The van der Waals surface area contributed by atoms with Crippen LogP contribution in [0.25, 0.3) is 21.9 Å². The van der Waals surface area contributed by atoms with E-state index in [1.807, 2.05) is 61.5 Å². The molecule has 2 aromatic carbocycles. The Kier molecular flexibility index (Phi) is 3.32. The van der Waals surface area contributed by atoms with E-state index in [2.05, 4.69) is 11.1 Å². The van der Waals surface area contributed by atoms with E-state index in [1.165, 1.54) is 5.56 Å². The molecule has 0 spiro atoms. The number of fused-ring (bicyclic) bond motifs is 1. The van der Waals surface area contributed by atoms with Crippen LogP contribution in [0, 0.1) is 18.3 Å². The third-order valence-corrected chi connectivity index (χ3v) is 4.10. The zero-order valence-corrected chi connectivity index (χ0v) is 11.8. The van der Waals surface area contributed by atoms with Gasteiger partial charge in [0.2, 0.25) is 0 Å². The fourth-order valence-electron chi connectivity index (χ4n) is 1.96. The van der Waals surface area contributed by atoms with Crippen molar-refractivity contribution in [1.82, 2.24) is 4.98 Å². The molecule has 96 valence electrons. The van der Waals surface area contributed by atoms with E-state index >= 15 is 0 Å². The normalized spacial score (nSPS) is 11.5. The predicted molar refractivity (Wildman–Crippen MR) is 84.3 cm³/mol. The lowest BCUT2D eigenvalue weighted by Crippen LogP contribution is -1.81. The van der Waals surface area contributed by atoms with Crippen molar-refractivity contribution in [2.75, 3.05) is 0 Å². The molecule has 1 heterocycles. The van der Waals surface area contributed by atoms with E-state index in [4.69, 9.17) is 0 Å². The van der Waals surface area contributed by atoms with Crippen LogP contribution in [-0.4, -0.2) is 4.98 Å². The minimum absolute atomic E-state index is 0.607. The molecule has 0 aliphatic carbocycles. The number of para-hydroxylation sites is 1. The van der Waals surface area contributed by atoms with Crippen molar-refractivity contribution in [3.05, 3.63) is 64.7 Å². The second kappa shape index (κ2) is 5.28. The molecule has 2 nitrogen and oxygen atoms in total. The highest BCUT2D eigenvalue weighted by molar-refractivity contribution is 7.19. The van der Waals surface area contributed by atoms with E-state index < -0.39 is 0 Å². The number of aromatic nitrogens is 1. The molecule has 3 heteroatoms. The van der Waals surface area contributed by atoms with Crippen LogP contribution in [0.3, 0.4) is 0 Å². The lowest BCUT2D eigenvalue weighted by atomic mass is 10.1. The molecule has 0 fully saturated rings. The van der Waals surface area contributed by atoms with Crippen LogP contribution in [0.2, 0.25) is 0 Å². The number of hydrogen-bond acceptors (Lipinski definition) is 3. The molecular weight excluding hydrogens is 264 g/mol. The van der Waals surface area contributed by atoms with Gasteiger partial charge in [0, 0.05) is 0 Å². The first kappa shape index (κ1) is 12.6. The molecular formula is C17H12N2S. The van der Waals surface area contributed by atoms with E-state index in [0.29, 0.717) is 5.57 Å². The van der Waals surface area contributed by atoms with Gasteiger partial charge in [0.25, 0.3) is 0 Å². The number of aryl methyl sites for hydroxylation is 1. The second-order valence-corrected chi connectivity index (χ2v) is 5.60. The van der Waals surface area contributed by atoms with Gasteiger partial charge in [-0.3, -0.25) is 0 Å². The Hall–Kier alpha value is -2.44. The summed E-state index contributed by atoms with van der Waals surface area (Å²) in [5.41, 5.74) is 3.78. The quantitative estimate of drug-likeness (QED) is 0.638. The first-order chi connectivity index (χ1) is 9.76. The van der Waals surface area contributed by atoms with Crippen molar-refractivity contribution in [2.24, 2.45) is 0 Å². The number of allylic oxidation sites excluding steroid dienone is 1. The number of hydrogen-bond donors (Lipinski definition) is 0. The third-order valence-electron chi connectivity index (χ3n) is 3.03. The maximum atomic E-state index is 9.37. The van der Waals surface area contributed by atoms with Crippen molar-refractivity contribution in [3.63, 3.8) is 0 Å². The highest BCUT2D eigenvalue weighted by atomic mass is 32.1. The van der Waals surface area contributed by atoms with Gasteiger partial charge < -0.3 is 0 Å². The fourth-order valence-corrected chi connectivity index (χ4v) is 2.89. The summed E-state index contributed by atoms with van der Waals surface area (Å²) in [7, 11) is 0. The third kappa shape index (κ3) is 2.47. The smallest absolute Gasteiger partial charge is 0.135 e. The second-order valence-electron chi connectivity index (χ2n) is 4.57. The van der Waals surface area contributed by atoms with Gasteiger partial charge in [-0.2, -0.15) is 5.26 Å². The zero-order chi connectivity index (χ0) is 13.9. The summed E-state index contributed by atoms with van der Waals surface area (Å²) in [4.78, 5) is 4.53.